The molecule has 0 bridgehead atoms. The number of anilines is 3. The molecular formula is C38H45ClN4O5. The van der Waals surface area contributed by atoms with Crippen LogP contribution in [0.4, 0.5) is 17.1 Å². The van der Waals surface area contributed by atoms with Crippen LogP contribution in [-0.2, 0) is 9.59 Å². The van der Waals surface area contributed by atoms with Gasteiger partial charge < -0.3 is 25.8 Å². The monoisotopic (exact) mass is 672 g/mol. The molecule has 0 fully saturated rings. The number of para-hydroxylation sites is 2. The number of nitrogens with zero attached hydrogens (tertiary/aromatic N) is 1. The van der Waals surface area contributed by atoms with E-state index in [4.69, 9.17) is 16.3 Å². The molecule has 1 heterocycles. The first kappa shape index (κ1) is 36.3. The van der Waals surface area contributed by atoms with Gasteiger partial charge in [-0.25, -0.2) is 0 Å². The highest BCUT2D eigenvalue weighted by molar-refractivity contribution is 6.34. The third-order valence-electron chi connectivity index (χ3n) is 8.61. The molecule has 0 radical (unpaired) electrons. The zero-order chi connectivity index (χ0) is 34.5. The Morgan fingerprint density at radius 3 is 2.33 bits per heavy atom. The van der Waals surface area contributed by atoms with Gasteiger partial charge in [0, 0.05) is 12.0 Å². The number of nitrogens with one attached hydrogen (secondary N) is 3. The number of fused-ring (bicyclic) bond motifs is 1. The molecule has 0 aromatic heterocycles. The predicted octanol–water partition coefficient (Wildman–Crippen LogP) is 9.31. The van der Waals surface area contributed by atoms with Crippen LogP contribution < -0.4 is 20.7 Å². The van der Waals surface area contributed by atoms with Crippen LogP contribution in [0.3, 0.4) is 0 Å². The summed E-state index contributed by atoms with van der Waals surface area (Å²) in [4.78, 5) is 39.3. The topological polar surface area (TPSA) is 141 Å². The Morgan fingerprint density at radius 1 is 0.979 bits per heavy atom. The summed E-state index contributed by atoms with van der Waals surface area (Å²) in [5.41, 5.74) is 1.61. The van der Waals surface area contributed by atoms with Crippen molar-refractivity contribution in [1.82, 2.24) is 0 Å². The third kappa shape index (κ3) is 9.74. The van der Waals surface area contributed by atoms with Crippen LogP contribution in [0.25, 0.3) is 0 Å². The van der Waals surface area contributed by atoms with Crippen LogP contribution in [0.2, 0.25) is 5.02 Å². The lowest BCUT2D eigenvalue weighted by Crippen LogP contribution is -2.34. The molecule has 1 aliphatic rings. The number of aromatic hydroxyl groups is 1. The summed E-state index contributed by atoms with van der Waals surface area (Å²) >= 11 is 6.43. The van der Waals surface area contributed by atoms with Crippen LogP contribution in [0.1, 0.15) is 118 Å². The number of phenols is 1. The minimum absolute atomic E-state index is 0.0863. The fourth-order valence-corrected chi connectivity index (χ4v) is 6.26. The molecule has 1 aliphatic heterocycles. The van der Waals surface area contributed by atoms with E-state index in [1.807, 2.05) is 0 Å². The lowest BCUT2D eigenvalue weighted by molar-refractivity contribution is -0.123. The van der Waals surface area contributed by atoms with Crippen molar-refractivity contribution in [3.63, 3.8) is 0 Å². The fraction of sp³-hybridized carbons (Fsp3) is 0.421. The summed E-state index contributed by atoms with van der Waals surface area (Å²) in [6.45, 7) is 4.02. The smallest absolute Gasteiger partial charge is 0.265 e. The van der Waals surface area contributed by atoms with Crippen molar-refractivity contribution in [3.05, 3.63) is 76.3 Å². The van der Waals surface area contributed by atoms with E-state index in [0.29, 0.717) is 29.0 Å². The van der Waals surface area contributed by atoms with Crippen molar-refractivity contribution in [1.29, 1.82) is 5.26 Å². The maximum atomic E-state index is 13.7. The van der Waals surface area contributed by atoms with Crippen molar-refractivity contribution in [2.45, 2.75) is 103 Å². The van der Waals surface area contributed by atoms with Crippen LogP contribution in [0, 0.1) is 11.3 Å². The van der Waals surface area contributed by atoms with E-state index in [1.165, 1.54) is 44.6 Å². The first-order valence-corrected chi connectivity index (χ1v) is 17.3. The molecule has 4 N–H and O–H groups in total. The molecular weight excluding hydrogens is 628 g/mol. The molecule has 10 heteroatoms. The average molecular weight is 673 g/mol. The minimum atomic E-state index is -0.898. The number of hydrogen-bond acceptors (Lipinski definition) is 6. The van der Waals surface area contributed by atoms with Gasteiger partial charge >= 0.3 is 0 Å². The van der Waals surface area contributed by atoms with Gasteiger partial charge in [0.25, 0.3) is 11.8 Å². The van der Waals surface area contributed by atoms with E-state index < -0.39 is 17.9 Å². The Bertz CT molecular complexity index is 1640. The average Bonchev–Trinajstić information content (AvgIpc) is 3.07. The van der Waals surface area contributed by atoms with Crippen molar-refractivity contribution in [3.8, 4) is 17.6 Å². The number of carbonyl (C=O) groups excluding carboxylic acids is 3. The Labute approximate surface area is 288 Å². The SMILES string of the molecule is CCCCCCCCCCCCC(Oc1ccccc1C#N)C(=O)Nc1ccccc1C(=O)Nc1cc(Cl)c2c(c1O)C(C)CC(=O)N2. The summed E-state index contributed by atoms with van der Waals surface area (Å²) in [6, 6.07) is 16.9. The van der Waals surface area contributed by atoms with Crippen molar-refractivity contribution in [2.75, 3.05) is 16.0 Å². The molecule has 3 aromatic rings. The van der Waals surface area contributed by atoms with E-state index in [9.17, 15) is 24.8 Å². The summed E-state index contributed by atoms with van der Waals surface area (Å²) in [7, 11) is 0. The highest BCUT2D eigenvalue weighted by Crippen LogP contribution is 2.46. The third-order valence-corrected chi connectivity index (χ3v) is 8.90. The van der Waals surface area contributed by atoms with Crippen LogP contribution >= 0.6 is 11.6 Å². The number of halogens is 1. The van der Waals surface area contributed by atoms with Gasteiger partial charge in [0.1, 0.15) is 17.6 Å². The summed E-state index contributed by atoms with van der Waals surface area (Å²) in [5, 5.41) is 29.1. The Morgan fingerprint density at radius 2 is 1.62 bits per heavy atom. The van der Waals surface area contributed by atoms with Crippen LogP contribution in [-0.4, -0.2) is 28.9 Å². The van der Waals surface area contributed by atoms with Gasteiger partial charge in [0.2, 0.25) is 5.91 Å². The molecule has 254 valence electrons. The van der Waals surface area contributed by atoms with Crippen molar-refractivity contribution in [2.24, 2.45) is 0 Å². The molecule has 0 aliphatic carbocycles. The molecule has 3 amide bonds. The number of benzene rings is 3. The largest absolute Gasteiger partial charge is 0.505 e. The van der Waals surface area contributed by atoms with E-state index in [0.717, 1.165) is 25.7 Å². The van der Waals surface area contributed by atoms with Gasteiger partial charge in [-0.2, -0.15) is 5.26 Å². The number of carbonyl (C=O) groups is 3. The molecule has 9 nitrogen and oxygen atoms in total. The molecule has 48 heavy (non-hydrogen) atoms. The number of phenolic OH excluding ortho intramolecular Hbond substituents is 1. The van der Waals surface area contributed by atoms with Gasteiger partial charge in [-0.05, 0) is 49.1 Å². The Hall–Kier alpha value is -4.55. The maximum Gasteiger partial charge on any atom is 0.265 e. The van der Waals surface area contributed by atoms with Gasteiger partial charge in [0.05, 0.1) is 33.2 Å². The predicted molar refractivity (Wildman–Crippen MR) is 190 cm³/mol. The number of ether oxygens (including phenoxy) is 1. The fourth-order valence-electron chi connectivity index (χ4n) is 6.00. The van der Waals surface area contributed by atoms with Crippen molar-refractivity contribution < 1.29 is 24.2 Å². The molecule has 0 saturated heterocycles. The van der Waals surface area contributed by atoms with E-state index >= 15 is 0 Å². The lowest BCUT2D eigenvalue weighted by Gasteiger charge is -2.26. The van der Waals surface area contributed by atoms with Gasteiger partial charge in [0.15, 0.2) is 6.10 Å². The van der Waals surface area contributed by atoms with Crippen LogP contribution in [0.5, 0.6) is 11.5 Å². The molecule has 0 spiro atoms. The quantitative estimate of drug-likeness (QED) is 0.0832. The minimum Gasteiger partial charge on any atom is -0.505 e. The van der Waals surface area contributed by atoms with Gasteiger partial charge in [-0.3, -0.25) is 14.4 Å². The lowest BCUT2D eigenvalue weighted by atomic mass is 9.90. The Kier molecular flexibility index (Phi) is 13.7. The van der Waals surface area contributed by atoms with E-state index in [1.54, 1.807) is 55.5 Å². The van der Waals surface area contributed by atoms with E-state index in [2.05, 4.69) is 28.9 Å². The number of nitriles is 1. The van der Waals surface area contributed by atoms with Crippen LogP contribution in [0.15, 0.2) is 54.6 Å². The molecule has 2 unspecified atom stereocenters. The van der Waals surface area contributed by atoms with Gasteiger partial charge in [-0.1, -0.05) is 108 Å². The normalized spacial score (nSPS) is 14.3. The molecule has 0 saturated carbocycles. The second-order valence-corrected chi connectivity index (χ2v) is 12.8. The van der Waals surface area contributed by atoms with Gasteiger partial charge in [-0.15, -0.1) is 0 Å². The zero-order valence-electron chi connectivity index (χ0n) is 27.7. The Balaban J connectivity index is 1.45. The highest BCUT2D eigenvalue weighted by atomic mass is 35.5. The number of rotatable bonds is 17. The molecule has 3 aromatic carbocycles. The number of hydrogen-bond donors (Lipinski definition) is 4. The second kappa shape index (κ2) is 18.1. The second-order valence-electron chi connectivity index (χ2n) is 12.4. The maximum absolute atomic E-state index is 13.7. The van der Waals surface area contributed by atoms with E-state index in [-0.39, 0.29) is 46.0 Å². The first-order chi connectivity index (χ1) is 23.2. The number of amides is 3. The standard InChI is InChI=1S/C38H45ClN4O5/c1-3-4-5-6-7-8-9-10-11-12-21-32(48-31-20-16-13-17-26(31)24-40)38(47)41-29-19-15-14-18-27(29)37(46)42-30-23-28(39)35-34(36(30)45)25(2)22-33(44)43-35/h13-20,23,25,32,45H,3-12,21-22H2,1-2H3,(H,41,47)(H,42,46)(H,43,44). The summed E-state index contributed by atoms with van der Waals surface area (Å²) in [6.07, 6.45) is 11.2. The summed E-state index contributed by atoms with van der Waals surface area (Å²) in [5.74, 6) is -1.39. The summed E-state index contributed by atoms with van der Waals surface area (Å²) < 4.78 is 6.14. The molecule has 2 atom stereocenters. The zero-order valence-corrected chi connectivity index (χ0v) is 28.5. The number of unbranched alkanes of at least 4 members (excludes halogenated alkanes) is 9. The highest BCUT2D eigenvalue weighted by Gasteiger charge is 2.30. The molecule has 4 rings (SSSR count). The van der Waals surface area contributed by atoms with Crippen molar-refractivity contribution >= 4 is 46.4 Å². The first-order valence-electron chi connectivity index (χ1n) is 17.0.